The molecule has 1 heterocycles. The number of hydrogen-bond acceptors (Lipinski definition) is 4. The van der Waals surface area contributed by atoms with Crippen molar-refractivity contribution >= 4 is 22.8 Å². The van der Waals surface area contributed by atoms with Crippen LogP contribution in [-0.2, 0) is 9.53 Å². The van der Waals surface area contributed by atoms with Crippen molar-refractivity contribution in [1.29, 1.82) is 0 Å². The monoisotopic (exact) mass is 396 g/mol. The van der Waals surface area contributed by atoms with Gasteiger partial charge in [-0.3, -0.25) is 0 Å². The van der Waals surface area contributed by atoms with Gasteiger partial charge >= 0.3 is 12.0 Å². The number of amides is 2. The van der Waals surface area contributed by atoms with E-state index in [1.165, 1.54) is 0 Å². The molecule has 2 N–H and O–H groups in total. The average Bonchev–Trinajstić information content (AvgIpc) is 2.70. The van der Waals surface area contributed by atoms with Crippen LogP contribution in [0.25, 0.3) is 10.8 Å². The predicted octanol–water partition coefficient (Wildman–Crippen LogP) is 4.60. The molecule has 3 rings (SSSR count). The predicted molar refractivity (Wildman–Crippen MR) is 113 cm³/mol. The van der Waals surface area contributed by atoms with Gasteiger partial charge in [0, 0.05) is 11.3 Å². The summed E-state index contributed by atoms with van der Waals surface area (Å²) in [6, 6.07) is 10.7. The molecule has 6 nitrogen and oxygen atoms in total. The Morgan fingerprint density at radius 3 is 2.62 bits per heavy atom. The summed E-state index contributed by atoms with van der Waals surface area (Å²) in [5.41, 5.74) is 1.80. The van der Waals surface area contributed by atoms with E-state index in [1.807, 2.05) is 50.2 Å². The van der Waals surface area contributed by atoms with Crippen molar-refractivity contribution in [3.8, 4) is 5.75 Å². The van der Waals surface area contributed by atoms with Crippen molar-refractivity contribution in [2.45, 2.75) is 52.2 Å². The fourth-order valence-electron chi connectivity index (χ4n) is 3.66. The second kappa shape index (κ2) is 8.99. The molecule has 2 amide bonds. The fraction of sp³-hybridized carbons (Fsp3) is 0.391. The molecule has 0 bridgehead atoms. The lowest BCUT2D eigenvalue weighted by molar-refractivity contribution is -0.143. The number of rotatable bonds is 7. The third-order valence-electron chi connectivity index (χ3n) is 4.94. The first-order valence-electron chi connectivity index (χ1n) is 10.0. The van der Waals surface area contributed by atoms with Crippen LogP contribution in [0.1, 0.15) is 51.6 Å². The molecule has 1 aliphatic rings. The highest BCUT2D eigenvalue weighted by atomic mass is 16.5. The van der Waals surface area contributed by atoms with Gasteiger partial charge in [0.1, 0.15) is 5.75 Å². The molecule has 0 saturated carbocycles. The van der Waals surface area contributed by atoms with Crippen molar-refractivity contribution < 1.29 is 19.1 Å². The van der Waals surface area contributed by atoms with Crippen LogP contribution in [-0.4, -0.2) is 25.2 Å². The van der Waals surface area contributed by atoms with Gasteiger partial charge in [0.25, 0.3) is 0 Å². The number of allylic oxidation sites excluding steroid dienone is 1. The first kappa shape index (κ1) is 20.7. The van der Waals surface area contributed by atoms with Crippen LogP contribution >= 0.6 is 0 Å². The molecule has 1 aliphatic heterocycles. The zero-order valence-electron chi connectivity index (χ0n) is 17.4. The fourth-order valence-corrected chi connectivity index (χ4v) is 3.66. The van der Waals surface area contributed by atoms with Crippen LogP contribution in [0.2, 0.25) is 0 Å². The lowest BCUT2D eigenvalue weighted by Gasteiger charge is -2.31. The third-order valence-corrected chi connectivity index (χ3v) is 4.94. The summed E-state index contributed by atoms with van der Waals surface area (Å²) in [4.78, 5) is 25.6. The number of ether oxygens (including phenoxy) is 2. The largest absolute Gasteiger partial charge is 0.496 e. The number of esters is 1. The highest BCUT2D eigenvalue weighted by Gasteiger charge is 2.36. The normalized spacial score (nSPS) is 16.6. The van der Waals surface area contributed by atoms with Crippen LogP contribution < -0.4 is 15.4 Å². The Labute approximate surface area is 171 Å². The van der Waals surface area contributed by atoms with Crippen LogP contribution in [0.3, 0.4) is 0 Å². The number of carbonyl (C=O) groups is 2. The van der Waals surface area contributed by atoms with E-state index in [0.717, 1.165) is 29.2 Å². The maximum Gasteiger partial charge on any atom is 0.338 e. The molecule has 29 heavy (non-hydrogen) atoms. The molecule has 1 unspecified atom stereocenters. The van der Waals surface area contributed by atoms with E-state index in [1.54, 1.807) is 7.11 Å². The van der Waals surface area contributed by atoms with Crippen molar-refractivity contribution in [2.75, 3.05) is 7.11 Å². The van der Waals surface area contributed by atoms with Gasteiger partial charge in [-0.05, 0) is 43.5 Å². The number of benzene rings is 2. The standard InChI is InChI=1S/C23H28N2O4/c1-5-6-11-17-20(22(26)29-14(2)3)21(25-23(27)24-17)19-16-10-8-7-9-15(16)12-13-18(19)28-4/h7-10,12-14,21H,5-6,11H2,1-4H3,(H2,24,25,27). The zero-order chi connectivity index (χ0) is 21.0. The van der Waals surface area contributed by atoms with Crippen molar-refractivity contribution in [2.24, 2.45) is 0 Å². The SMILES string of the molecule is CCCCC1=C(C(=O)OC(C)C)C(c2c(OC)ccc3ccccc23)NC(=O)N1. The highest BCUT2D eigenvalue weighted by Crippen LogP contribution is 2.39. The molecule has 0 aliphatic carbocycles. The number of unbranched alkanes of at least 4 members (excludes halogenated alkanes) is 1. The van der Waals surface area contributed by atoms with Crippen molar-refractivity contribution in [3.63, 3.8) is 0 Å². The summed E-state index contributed by atoms with van der Waals surface area (Å²) in [5, 5.41) is 7.67. The molecule has 2 aromatic rings. The van der Waals surface area contributed by atoms with Gasteiger partial charge < -0.3 is 20.1 Å². The number of fused-ring (bicyclic) bond motifs is 1. The van der Waals surface area contributed by atoms with E-state index < -0.39 is 12.0 Å². The minimum absolute atomic E-state index is 0.268. The number of hydrogen-bond donors (Lipinski definition) is 2. The second-order valence-electron chi connectivity index (χ2n) is 7.38. The summed E-state index contributed by atoms with van der Waals surface area (Å²) >= 11 is 0. The van der Waals surface area contributed by atoms with Crippen LogP contribution in [0.4, 0.5) is 4.79 Å². The third kappa shape index (κ3) is 4.36. The van der Waals surface area contributed by atoms with E-state index in [2.05, 4.69) is 17.6 Å². The Balaban J connectivity index is 2.23. The Hall–Kier alpha value is -3.02. The molecule has 154 valence electrons. The number of nitrogens with one attached hydrogen (secondary N) is 2. The molecular formula is C23H28N2O4. The van der Waals surface area contributed by atoms with E-state index in [4.69, 9.17) is 9.47 Å². The number of urea groups is 1. The summed E-state index contributed by atoms with van der Waals surface area (Å²) in [6.45, 7) is 5.69. The minimum Gasteiger partial charge on any atom is -0.496 e. The molecule has 0 aromatic heterocycles. The number of methoxy groups -OCH3 is 1. The zero-order valence-corrected chi connectivity index (χ0v) is 17.4. The Kier molecular flexibility index (Phi) is 6.42. The minimum atomic E-state index is -0.664. The lowest BCUT2D eigenvalue weighted by Crippen LogP contribution is -2.46. The Bertz CT molecular complexity index is 949. The van der Waals surface area contributed by atoms with Crippen LogP contribution in [0.15, 0.2) is 47.7 Å². The summed E-state index contributed by atoms with van der Waals surface area (Å²) in [6.07, 6.45) is 2.13. The smallest absolute Gasteiger partial charge is 0.338 e. The maximum absolute atomic E-state index is 13.1. The summed E-state index contributed by atoms with van der Waals surface area (Å²) in [5.74, 6) is 0.180. The van der Waals surface area contributed by atoms with Gasteiger partial charge in [0.05, 0.1) is 24.8 Å². The van der Waals surface area contributed by atoms with E-state index in [9.17, 15) is 9.59 Å². The van der Waals surface area contributed by atoms with Crippen LogP contribution in [0.5, 0.6) is 5.75 Å². The van der Waals surface area contributed by atoms with E-state index >= 15 is 0 Å². The van der Waals surface area contributed by atoms with Gasteiger partial charge in [-0.1, -0.05) is 43.7 Å². The van der Waals surface area contributed by atoms with Gasteiger partial charge in [-0.15, -0.1) is 0 Å². The molecule has 0 fully saturated rings. The maximum atomic E-state index is 13.1. The summed E-state index contributed by atoms with van der Waals surface area (Å²) in [7, 11) is 1.59. The Morgan fingerprint density at radius 2 is 1.93 bits per heavy atom. The van der Waals surface area contributed by atoms with Gasteiger partial charge in [-0.25, -0.2) is 9.59 Å². The first-order chi connectivity index (χ1) is 14.0. The second-order valence-corrected chi connectivity index (χ2v) is 7.38. The average molecular weight is 396 g/mol. The molecule has 0 spiro atoms. The van der Waals surface area contributed by atoms with E-state index in [0.29, 0.717) is 23.4 Å². The summed E-state index contributed by atoms with van der Waals surface area (Å²) < 4.78 is 11.2. The lowest BCUT2D eigenvalue weighted by atomic mass is 9.89. The topological polar surface area (TPSA) is 76.7 Å². The quantitative estimate of drug-likeness (QED) is 0.671. The van der Waals surface area contributed by atoms with Crippen molar-refractivity contribution in [1.82, 2.24) is 10.6 Å². The molecule has 6 heteroatoms. The van der Waals surface area contributed by atoms with Crippen molar-refractivity contribution in [3.05, 3.63) is 53.2 Å². The highest BCUT2D eigenvalue weighted by molar-refractivity contribution is 5.98. The van der Waals surface area contributed by atoms with Crippen LogP contribution in [0, 0.1) is 0 Å². The molecular weight excluding hydrogens is 368 g/mol. The van der Waals surface area contributed by atoms with Gasteiger partial charge in [-0.2, -0.15) is 0 Å². The number of carbonyl (C=O) groups excluding carboxylic acids is 2. The molecule has 2 aromatic carbocycles. The Morgan fingerprint density at radius 1 is 1.17 bits per heavy atom. The van der Waals surface area contributed by atoms with Gasteiger partial charge in [0.15, 0.2) is 0 Å². The molecule has 1 atom stereocenters. The van der Waals surface area contributed by atoms with Gasteiger partial charge in [0.2, 0.25) is 0 Å². The first-order valence-corrected chi connectivity index (χ1v) is 10.0. The van der Waals surface area contributed by atoms with E-state index in [-0.39, 0.29) is 12.1 Å². The molecule has 0 radical (unpaired) electrons. The molecule has 0 saturated heterocycles.